The summed E-state index contributed by atoms with van der Waals surface area (Å²) in [6, 6.07) is 0. The maximum atomic E-state index is 11.1. The Bertz CT molecular complexity index is 173. The highest BCUT2D eigenvalue weighted by Gasteiger charge is 2.18. The normalized spacial score (nSPS) is 17.5. The minimum atomic E-state index is -1.31. The molecule has 5 nitrogen and oxygen atoms in total. The van der Waals surface area contributed by atoms with Crippen molar-refractivity contribution in [3.8, 4) is 0 Å². The number of rotatable bonds is 5. The molecule has 5 heteroatoms. The molecule has 1 saturated heterocycles. The van der Waals surface area contributed by atoms with E-state index in [0.717, 1.165) is 13.0 Å². The third-order valence-corrected chi connectivity index (χ3v) is 2.06. The Kier molecular flexibility index (Phi) is 4.14. The molecule has 0 spiro atoms. The summed E-state index contributed by atoms with van der Waals surface area (Å²) < 4.78 is 0. The van der Waals surface area contributed by atoms with Crippen LogP contribution in [0.15, 0.2) is 0 Å². The Hall–Kier alpha value is -0.650. The first-order valence-corrected chi connectivity index (χ1v) is 4.55. The molecular weight excluding hydrogens is 172 g/mol. The van der Waals surface area contributed by atoms with Gasteiger partial charge in [-0.15, -0.1) is 0 Å². The predicted octanol–water partition coefficient (Wildman–Crippen LogP) is -1.49. The summed E-state index contributed by atoms with van der Waals surface area (Å²) >= 11 is 0. The van der Waals surface area contributed by atoms with Crippen molar-refractivity contribution in [2.24, 2.45) is 0 Å². The molecule has 0 atom stereocenters. The van der Waals surface area contributed by atoms with Gasteiger partial charge in [-0.05, 0) is 6.42 Å². The molecule has 76 valence electrons. The van der Waals surface area contributed by atoms with Gasteiger partial charge in [-0.3, -0.25) is 4.79 Å². The van der Waals surface area contributed by atoms with Crippen LogP contribution in [0.25, 0.3) is 0 Å². The van der Waals surface area contributed by atoms with E-state index in [1.165, 1.54) is 0 Å². The van der Waals surface area contributed by atoms with Crippen molar-refractivity contribution in [3.63, 3.8) is 0 Å². The molecule has 0 unspecified atom stereocenters. The van der Waals surface area contributed by atoms with Crippen LogP contribution in [-0.4, -0.2) is 53.5 Å². The van der Waals surface area contributed by atoms with Crippen LogP contribution in [0.2, 0.25) is 0 Å². The fraction of sp³-hybridized carbons (Fsp3) is 0.875. The Labute approximate surface area is 77.3 Å². The molecular formula is C8H16N2O3. The zero-order chi connectivity index (χ0) is 9.68. The molecule has 1 amide bonds. The van der Waals surface area contributed by atoms with Gasteiger partial charge in [0.25, 0.3) is 0 Å². The molecule has 1 fully saturated rings. The number of hydrogen-bond acceptors (Lipinski definition) is 4. The fourth-order valence-corrected chi connectivity index (χ4v) is 1.39. The molecule has 0 aromatic rings. The second-order valence-electron chi connectivity index (χ2n) is 3.17. The second kappa shape index (κ2) is 5.16. The first-order valence-electron chi connectivity index (χ1n) is 4.55. The smallest absolute Gasteiger partial charge is 0.222 e. The number of likely N-dealkylation sites (tertiary alicyclic amines) is 1. The van der Waals surface area contributed by atoms with Crippen LogP contribution >= 0.6 is 0 Å². The highest BCUT2D eigenvalue weighted by molar-refractivity contribution is 5.78. The number of aliphatic hydroxyl groups is 2. The van der Waals surface area contributed by atoms with E-state index in [1.54, 1.807) is 4.90 Å². The first-order chi connectivity index (χ1) is 6.20. The summed E-state index contributed by atoms with van der Waals surface area (Å²) in [6.45, 7) is 2.26. The van der Waals surface area contributed by atoms with Crippen molar-refractivity contribution in [1.29, 1.82) is 0 Å². The highest BCUT2D eigenvalue weighted by Crippen LogP contribution is 2.07. The molecule has 13 heavy (non-hydrogen) atoms. The average molecular weight is 188 g/mol. The van der Waals surface area contributed by atoms with Crippen molar-refractivity contribution in [2.75, 3.05) is 26.2 Å². The van der Waals surface area contributed by atoms with Crippen molar-refractivity contribution < 1.29 is 15.0 Å². The highest BCUT2D eigenvalue weighted by atomic mass is 16.5. The van der Waals surface area contributed by atoms with Gasteiger partial charge < -0.3 is 20.4 Å². The van der Waals surface area contributed by atoms with Gasteiger partial charge >= 0.3 is 0 Å². The molecule has 3 N–H and O–H groups in total. The zero-order valence-corrected chi connectivity index (χ0v) is 7.57. The quantitative estimate of drug-likeness (QED) is 0.363. The minimum Gasteiger partial charge on any atom is -0.367 e. The van der Waals surface area contributed by atoms with Crippen LogP contribution in [0.4, 0.5) is 0 Å². The summed E-state index contributed by atoms with van der Waals surface area (Å²) in [5.74, 6) is 0.200. The second-order valence-corrected chi connectivity index (χ2v) is 3.17. The van der Waals surface area contributed by atoms with Gasteiger partial charge in [0, 0.05) is 32.6 Å². The molecule has 0 radical (unpaired) electrons. The lowest BCUT2D eigenvalue weighted by Gasteiger charge is -2.15. The SMILES string of the molecule is O=C1CCCN1CCNCC(O)O. The molecule has 0 aromatic heterocycles. The molecule has 1 aliphatic rings. The van der Waals surface area contributed by atoms with E-state index in [1.807, 2.05) is 0 Å². The third-order valence-electron chi connectivity index (χ3n) is 2.06. The van der Waals surface area contributed by atoms with Crippen molar-refractivity contribution in [2.45, 2.75) is 19.1 Å². The van der Waals surface area contributed by atoms with Crippen LogP contribution in [0.3, 0.4) is 0 Å². The maximum Gasteiger partial charge on any atom is 0.222 e. The van der Waals surface area contributed by atoms with Crippen LogP contribution in [0, 0.1) is 0 Å². The molecule has 0 aliphatic carbocycles. The van der Waals surface area contributed by atoms with E-state index in [4.69, 9.17) is 10.2 Å². The van der Waals surface area contributed by atoms with E-state index in [0.29, 0.717) is 19.5 Å². The van der Waals surface area contributed by atoms with Crippen LogP contribution in [-0.2, 0) is 4.79 Å². The van der Waals surface area contributed by atoms with Gasteiger partial charge in [0.2, 0.25) is 5.91 Å². The molecule has 1 heterocycles. The van der Waals surface area contributed by atoms with Crippen LogP contribution in [0.5, 0.6) is 0 Å². The van der Waals surface area contributed by atoms with Gasteiger partial charge in [-0.1, -0.05) is 0 Å². The first kappa shape index (κ1) is 10.4. The lowest BCUT2D eigenvalue weighted by molar-refractivity contribution is -0.127. The summed E-state index contributed by atoms with van der Waals surface area (Å²) in [7, 11) is 0. The topological polar surface area (TPSA) is 72.8 Å². The number of carbonyl (C=O) groups excluding carboxylic acids is 1. The van der Waals surface area contributed by atoms with Gasteiger partial charge in [0.1, 0.15) is 0 Å². The lowest BCUT2D eigenvalue weighted by atomic mass is 10.4. The molecule has 0 aromatic carbocycles. The minimum absolute atomic E-state index is 0.155. The van der Waals surface area contributed by atoms with E-state index in [-0.39, 0.29) is 12.5 Å². The van der Waals surface area contributed by atoms with Gasteiger partial charge in [0.05, 0.1) is 0 Å². The lowest BCUT2D eigenvalue weighted by Crippen LogP contribution is -2.35. The van der Waals surface area contributed by atoms with Gasteiger partial charge in [-0.2, -0.15) is 0 Å². The zero-order valence-electron chi connectivity index (χ0n) is 7.57. The molecule has 0 bridgehead atoms. The van der Waals surface area contributed by atoms with E-state index < -0.39 is 6.29 Å². The number of carbonyl (C=O) groups is 1. The summed E-state index contributed by atoms with van der Waals surface area (Å²) in [6.07, 6.45) is 0.290. The average Bonchev–Trinajstić information content (AvgIpc) is 2.45. The predicted molar refractivity (Wildman–Crippen MR) is 46.9 cm³/mol. The maximum absolute atomic E-state index is 11.1. The number of amides is 1. The summed E-state index contributed by atoms with van der Waals surface area (Å²) in [4.78, 5) is 12.9. The van der Waals surface area contributed by atoms with Crippen molar-refractivity contribution >= 4 is 5.91 Å². The Morgan fingerprint density at radius 3 is 2.85 bits per heavy atom. The Morgan fingerprint density at radius 2 is 2.31 bits per heavy atom. The van der Waals surface area contributed by atoms with Crippen molar-refractivity contribution in [3.05, 3.63) is 0 Å². The van der Waals surface area contributed by atoms with E-state index in [9.17, 15) is 4.79 Å². The Morgan fingerprint density at radius 1 is 1.54 bits per heavy atom. The standard InChI is InChI=1S/C8H16N2O3/c11-7-2-1-4-10(7)5-3-9-6-8(12)13/h8-9,12-13H,1-6H2. The summed E-state index contributed by atoms with van der Waals surface area (Å²) in [5, 5.41) is 19.9. The number of nitrogens with one attached hydrogen (secondary N) is 1. The van der Waals surface area contributed by atoms with E-state index in [2.05, 4.69) is 5.32 Å². The fourth-order valence-electron chi connectivity index (χ4n) is 1.39. The van der Waals surface area contributed by atoms with Crippen LogP contribution in [0.1, 0.15) is 12.8 Å². The largest absolute Gasteiger partial charge is 0.367 e. The summed E-state index contributed by atoms with van der Waals surface area (Å²) in [5.41, 5.74) is 0. The molecule has 1 aliphatic heterocycles. The number of hydrogen-bond donors (Lipinski definition) is 3. The third kappa shape index (κ3) is 3.71. The molecule has 1 rings (SSSR count). The van der Waals surface area contributed by atoms with Gasteiger partial charge in [0.15, 0.2) is 6.29 Å². The van der Waals surface area contributed by atoms with E-state index >= 15 is 0 Å². The number of aliphatic hydroxyl groups excluding tert-OH is 1. The van der Waals surface area contributed by atoms with Crippen molar-refractivity contribution in [1.82, 2.24) is 10.2 Å². The monoisotopic (exact) mass is 188 g/mol. The molecule has 0 saturated carbocycles. The van der Waals surface area contributed by atoms with Crippen LogP contribution < -0.4 is 5.32 Å². The number of nitrogens with zero attached hydrogens (tertiary/aromatic N) is 1. The Balaban J connectivity index is 2.02. The van der Waals surface area contributed by atoms with Gasteiger partial charge in [-0.25, -0.2) is 0 Å².